The first-order valence-electron chi connectivity index (χ1n) is 5.75. The molecule has 0 radical (unpaired) electrons. The first-order chi connectivity index (χ1) is 7.99. The van der Waals surface area contributed by atoms with Gasteiger partial charge in [0.2, 0.25) is 5.91 Å². The van der Waals surface area contributed by atoms with E-state index in [1.165, 1.54) is 5.56 Å². The number of hydrogen-bond donors (Lipinski definition) is 2. The van der Waals surface area contributed by atoms with Crippen molar-refractivity contribution < 1.29 is 9.90 Å². The van der Waals surface area contributed by atoms with E-state index in [-0.39, 0.29) is 18.2 Å². The molecule has 0 heterocycles. The lowest BCUT2D eigenvalue weighted by atomic mass is 10.1. The smallest absolute Gasteiger partial charge is 0.231 e. The van der Waals surface area contributed by atoms with Gasteiger partial charge in [0, 0.05) is 6.04 Å². The topological polar surface area (TPSA) is 66.6 Å². The van der Waals surface area contributed by atoms with Crippen LogP contribution < -0.4 is 5.73 Å². The molecule has 4 nitrogen and oxygen atoms in total. The summed E-state index contributed by atoms with van der Waals surface area (Å²) in [7, 11) is 1.90. The second-order valence-corrected chi connectivity index (χ2v) is 4.44. The Labute approximate surface area is 102 Å². The number of likely N-dealkylation sites (N-methyl/N-ethyl adjacent to an activating group) is 1. The number of nitrogens with two attached hydrogens (primary N) is 1. The van der Waals surface area contributed by atoms with Gasteiger partial charge in [-0.1, -0.05) is 12.1 Å². The minimum absolute atomic E-state index is 0.285. The molecule has 3 N–H and O–H groups in total. The maximum Gasteiger partial charge on any atom is 0.231 e. The molecule has 0 spiro atoms. The molecule has 0 aliphatic carbocycles. The Morgan fingerprint density at radius 2 is 2.00 bits per heavy atom. The molecule has 0 fully saturated rings. The fraction of sp³-hybridized carbons (Fsp3) is 0.462. The van der Waals surface area contributed by atoms with E-state index in [0.29, 0.717) is 6.04 Å². The second-order valence-electron chi connectivity index (χ2n) is 4.44. The molecule has 4 heteroatoms. The van der Waals surface area contributed by atoms with Gasteiger partial charge in [0.25, 0.3) is 0 Å². The van der Waals surface area contributed by atoms with Gasteiger partial charge in [-0.3, -0.25) is 9.69 Å². The van der Waals surface area contributed by atoms with Crippen molar-refractivity contribution in [2.45, 2.75) is 25.8 Å². The molecule has 0 aromatic heterocycles. The molecule has 1 aromatic rings. The number of phenols is 1. The molecule has 0 saturated heterocycles. The van der Waals surface area contributed by atoms with Crippen LogP contribution in [0.2, 0.25) is 0 Å². The van der Waals surface area contributed by atoms with Crippen LogP contribution in [0.25, 0.3) is 0 Å². The van der Waals surface area contributed by atoms with Crippen molar-refractivity contribution >= 4 is 5.91 Å². The Morgan fingerprint density at radius 1 is 1.41 bits per heavy atom. The van der Waals surface area contributed by atoms with Crippen molar-refractivity contribution in [3.8, 4) is 5.75 Å². The summed E-state index contributed by atoms with van der Waals surface area (Å²) in [6, 6.07) is 7.50. The molecule has 0 aliphatic heterocycles. The van der Waals surface area contributed by atoms with Crippen molar-refractivity contribution in [2.24, 2.45) is 5.73 Å². The third-order valence-electron chi connectivity index (χ3n) is 2.94. The number of amides is 1. The summed E-state index contributed by atoms with van der Waals surface area (Å²) in [6.07, 6.45) is 1.87. The Morgan fingerprint density at radius 3 is 2.53 bits per heavy atom. The van der Waals surface area contributed by atoms with Gasteiger partial charge in [-0.15, -0.1) is 0 Å². The maximum absolute atomic E-state index is 10.8. The average Bonchev–Trinajstić information content (AvgIpc) is 2.27. The number of rotatable bonds is 6. The summed E-state index contributed by atoms with van der Waals surface area (Å²) < 4.78 is 0. The number of aromatic hydroxyl groups is 1. The van der Waals surface area contributed by atoms with Crippen LogP contribution in [0.4, 0.5) is 0 Å². The number of aryl methyl sites for hydroxylation is 1. The number of primary amides is 1. The molecule has 1 aromatic carbocycles. The number of carbonyl (C=O) groups excluding carboxylic acids is 1. The van der Waals surface area contributed by atoms with Gasteiger partial charge in [-0.2, -0.15) is 0 Å². The molecule has 17 heavy (non-hydrogen) atoms. The van der Waals surface area contributed by atoms with Crippen LogP contribution in [0.3, 0.4) is 0 Å². The maximum atomic E-state index is 10.8. The number of carbonyl (C=O) groups is 1. The second kappa shape index (κ2) is 6.25. The molecule has 1 atom stereocenters. The predicted molar refractivity (Wildman–Crippen MR) is 67.7 cm³/mol. The van der Waals surface area contributed by atoms with E-state index in [4.69, 9.17) is 10.8 Å². The van der Waals surface area contributed by atoms with Gasteiger partial charge < -0.3 is 10.8 Å². The lowest BCUT2D eigenvalue weighted by molar-refractivity contribution is -0.119. The minimum atomic E-state index is -0.302. The van der Waals surface area contributed by atoms with Crippen LogP contribution in [0, 0.1) is 0 Å². The van der Waals surface area contributed by atoms with Gasteiger partial charge in [0.15, 0.2) is 0 Å². The number of hydrogen-bond acceptors (Lipinski definition) is 3. The normalized spacial score (nSPS) is 12.6. The third kappa shape index (κ3) is 4.87. The van der Waals surface area contributed by atoms with Crippen molar-refractivity contribution in [3.63, 3.8) is 0 Å². The van der Waals surface area contributed by atoms with Gasteiger partial charge in [-0.25, -0.2) is 0 Å². The highest BCUT2D eigenvalue weighted by Crippen LogP contribution is 2.13. The van der Waals surface area contributed by atoms with Crippen LogP contribution in [0.15, 0.2) is 24.3 Å². The standard InChI is InChI=1S/C13H20N2O2/c1-10(15(2)9-13(14)17)3-4-11-5-7-12(16)8-6-11/h5-8,10,16H,3-4,9H2,1-2H3,(H2,14,17). The fourth-order valence-electron chi connectivity index (χ4n) is 1.66. The van der Waals surface area contributed by atoms with Gasteiger partial charge in [0.1, 0.15) is 5.75 Å². The summed E-state index contributed by atoms with van der Waals surface area (Å²) in [4.78, 5) is 12.7. The van der Waals surface area contributed by atoms with E-state index < -0.39 is 0 Å². The van der Waals surface area contributed by atoms with Crippen molar-refractivity contribution in [3.05, 3.63) is 29.8 Å². The van der Waals surface area contributed by atoms with Crippen LogP contribution in [0.5, 0.6) is 5.75 Å². The zero-order valence-electron chi connectivity index (χ0n) is 10.4. The van der Waals surface area contributed by atoms with Gasteiger partial charge in [0.05, 0.1) is 6.54 Å². The van der Waals surface area contributed by atoms with E-state index in [1.807, 2.05) is 24.1 Å². The number of benzene rings is 1. The van der Waals surface area contributed by atoms with Crippen molar-refractivity contribution in [1.29, 1.82) is 0 Å². The molecular weight excluding hydrogens is 216 g/mol. The quantitative estimate of drug-likeness (QED) is 0.778. The molecular formula is C13H20N2O2. The third-order valence-corrected chi connectivity index (χ3v) is 2.94. The molecule has 1 amide bonds. The number of phenolic OH excluding ortho intramolecular Hbond substituents is 1. The Kier molecular flexibility index (Phi) is 4.97. The average molecular weight is 236 g/mol. The lowest BCUT2D eigenvalue weighted by Crippen LogP contribution is -2.37. The van der Waals surface area contributed by atoms with Crippen LogP contribution >= 0.6 is 0 Å². The van der Waals surface area contributed by atoms with Crippen molar-refractivity contribution in [2.75, 3.05) is 13.6 Å². The molecule has 94 valence electrons. The highest BCUT2D eigenvalue weighted by atomic mass is 16.3. The minimum Gasteiger partial charge on any atom is -0.508 e. The Hall–Kier alpha value is -1.55. The first-order valence-corrected chi connectivity index (χ1v) is 5.75. The molecule has 0 aliphatic rings. The van der Waals surface area contributed by atoms with E-state index in [0.717, 1.165) is 12.8 Å². The van der Waals surface area contributed by atoms with Gasteiger partial charge in [-0.05, 0) is 44.5 Å². The SMILES string of the molecule is CC(CCc1ccc(O)cc1)N(C)CC(N)=O. The van der Waals surface area contributed by atoms with E-state index in [2.05, 4.69) is 6.92 Å². The van der Waals surface area contributed by atoms with Crippen LogP contribution in [0.1, 0.15) is 18.9 Å². The van der Waals surface area contributed by atoms with E-state index in [1.54, 1.807) is 12.1 Å². The van der Waals surface area contributed by atoms with Gasteiger partial charge >= 0.3 is 0 Å². The highest BCUT2D eigenvalue weighted by molar-refractivity contribution is 5.75. The summed E-state index contributed by atoms with van der Waals surface area (Å²) in [5, 5.41) is 9.16. The first kappa shape index (κ1) is 13.5. The highest BCUT2D eigenvalue weighted by Gasteiger charge is 2.11. The lowest BCUT2D eigenvalue weighted by Gasteiger charge is -2.23. The molecule has 1 rings (SSSR count). The monoisotopic (exact) mass is 236 g/mol. The zero-order chi connectivity index (χ0) is 12.8. The summed E-state index contributed by atoms with van der Waals surface area (Å²) in [5.41, 5.74) is 6.33. The van der Waals surface area contributed by atoms with E-state index in [9.17, 15) is 4.79 Å². The van der Waals surface area contributed by atoms with E-state index >= 15 is 0 Å². The molecule has 0 saturated carbocycles. The van der Waals surface area contributed by atoms with Crippen molar-refractivity contribution in [1.82, 2.24) is 4.90 Å². The zero-order valence-corrected chi connectivity index (χ0v) is 10.4. The molecule has 0 bridgehead atoms. The largest absolute Gasteiger partial charge is 0.508 e. The summed E-state index contributed by atoms with van der Waals surface area (Å²) >= 11 is 0. The number of nitrogens with zero attached hydrogens (tertiary/aromatic N) is 1. The summed E-state index contributed by atoms with van der Waals surface area (Å²) in [5.74, 6) is -0.0170. The fourth-order valence-corrected chi connectivity index (χ4v) is 1.66. The molecule has 1 unspecified atom stereocenters. The predicted octanol–water partition coefficient (Wildman–Crippen LogP) is 1.13. The van der Waals surface area contributed by atoms with Crippen LogP contribution in [-0.2, 0) is 11.2 Å². The summed E-state index contributed by atoms with van der Waals surface area (Å²) in [6.45, 7) is 2.36. The Balaban J connectivity index is 2.39. The van der Waals surface area contributed by atoms with Crippen LogP contribution in [-0.4, -0.2) is 35.5 Å². The Bertz CT molecular complexity index is 362.